The average molecular weight is 594 g/mol. The van der Waals surface area contributed by atoms with Crippen LogP contribution in [0.25, 0.3) is 64.4 Å². The van der Waals surface area contributed by atoms with Gasteiger partial charge in [-0.2, -0.15) is 0 Å². The summed E-state index contributed by atoms with van der Waals surface area (Å²) in [6.07, 6.45) is 0. The number of hydrogen-bond donors (Lipinski definition) is 0. The average Bonchev–Trinajstić information content (AvgIpc) is 3.68. The van der Waals surface area contributed by atoms with Gasteiger partial charge in [-0.05, 0) is 64.7 Å². The van der Waals surface area contributed by atoms with E-state index in [4.69, 9.17) is 4.42 Å². The van der Waals surface area contributed by atoms with E-state index < -0.39 is 0 Å². The van der Waals surface area contributed by atoms with E-state index in [1.165, 1.54) is 42.4 Å². The normalized spacial score (nSPS) is 11.6. The first-order valence-corrected chi connectivity index (χ1v) is 16.0. The molecule has 212 valence electrons. The summed E-state index contributed by atoms with van der Waals surface area (Å²) >= 11 is 1.82. The molecule has 9 rings (SSSR count). The van der Waals surface area contributed by atoms with E-state index in [0.717, 1.165) is 39.0 Å². The van der Waals surface area contributed by atoms with Crippen LogP contribution in [0.5, 0.6) is 0 Å². The monoisotopic (exact) mass is 593 g/mol. The highest BCUT2D eigenvalue weighted by Gasteiger charge is 2.23. The molecule has 0 spiro atoms. The molecule has 0 bridgehead atoms. The van der Waals surface area contributed by atoms with Gasteiger partial charge in [0.2, 0.25) is 0 Å². The molecule has 0 radical (unpaired) electrons. The number of hydrogen-bond acceptors (Lipinski definition) is 3. The first-order chi connectivity index (χ1) is 22.3. The first-order valence-electron chi connectivity index (χ1n) is 15.2. The number of nitrogens with zero attached hydrogens (tertiary/aromatic N) is 1. The van der Waals surface area contributed by atoms with Gasteiger partial charge in [0.1, 0.15) is 11.2 Å². The Morgan fingerprint density at radius 2 is 1.02 bits per heavy atom. The van der Waals surface area contributed by atoms with E-state index in [-0.39, 0.29) is 0 Å². The third-order valence-corrected chi connectivity index (χ3v) is 9.79. The van der Waals surface area contributed by atoms with E-state index in [0.29, 0.717) is 0 Å². The Kier molecular flexibility index (Phi) is 6.03. The van der Waals surface area contributed by atoms with Gasteiger partial charge in [0, 0.05) is 36.9 Å². The molecule has 0 atom stereocenters. The van der Waals surface area contributed by atoms with Crippen LogP contribution >= 0.6 is 11.3 Å². The topological polar surface area (TPSA) is 16.4 Å². The predicted molar refractivity (Wildman–Crippen MR) is 192 cm³/mol. The Morgan fingerprint density at radius 3 is 1.78 bits per heavy atom. The maximum Gasteiger partial charge on any atom is 0.146 e. The van der Waals surface area contributed by atoms with E-state index in [1.54, 1.807) is 0 Å². The third kappa shape index (κ3) is 4.24. The van der Waals surface area contributed by atoms with Gasteiger partial charge in [-0.15, -0.1) is 11.3 Å². The molecule has 0 amide bonds. The minimum absolute atomic E-state index is 0.900. The molecule has 3 heteroatoms. The van der Waals surface area contributed by atoms with Gasteiger partial charge in [-0.25, -0.2) is 0 Å². The van der Waals surface area contributed by atoms with Crippen molar-refractivity contribution in [2.45, 2.75) is 0 Å². The van der Waals surface area contributed by atoms with Crippen LogP contribution in [0.3, 0.4) is 0 Å². The molecule has 0 unspecified atom stereocenters. The Balaban J connectivity index is 1.28. The molecule has 45 heavy (non-hydrogen) atoms. The molecular weight excluding hydrogens is 567 g/mol. The quantitative estimate of drug-likeness (QED) is 0.197. The Bertz CT molecular complexity index is 2470. The fourth-order valence-corrected chi connectivity index (χ4v) is 7.79. The smallest absolute Gasteiger partial charge is 0.146 e. The molecule has 0 aliphatic heterocycles. The van der Waals surface area contributed by atoms with Crippen molar-refractivity contribution in [3.05, 3.63) is 164 Å². The summed E-state index contributed by atoms with van der Waals surface area (Å²) in [5, 5.41) is 4.67. The number of furan rings is 1. The molecule has 0 saturated carbocycles. The minimum atomic E-state index is 0.900. The number of para-hydroxylation sites is 2. The van der Waals surface area contributed by atoms with Crippen molar-refractivity contribution in [2.75, 3.05) is 4.90 Å². The summed E-state index contributed by atoms with van der Waals surface area (Å²) in [5.74, 6) is 0. The van der Waals surface area contributed by atoms with E-state index >= 15 is 0 Å². The zero-order valence-corrected chi connectivity index (χ0v) is 25.2. The molecule has 0 aliphatic rings. The summed E-state index contributed by atoms with van der Waals surface area (Å²) in [6.45, 7) is 0. The Labute approximate surface area is 265 Å². The second kappa shape index (κ2) is 10.5. The molecule has 2 nitrogen and oxygen atoms in total. The fraction of sp³-hybridized carbons (Fsp3) is 0. The van der Waals surface area contributed by atoms with Gasteiger partial charge < -0.3 is 9.32 Å². The van der Waals surface area contributed by atoms with Crippen molar-refractivity contribution in [2.24, 2.45) is 0 Å². The zero-order valence-electron chi connectivity index (χ0n) is 24.4. The highest BCUT2D eigenvalue weighted by atomic mass is 32.1. The fourth-order valence-electron chi connectivity index (χ4n) is 6.65. The zero-order chi connectivity index (χ0) is 29.7. The minimum Gasteiger partial charge on any atom is -0.455 e. The van der Waals surface area contributed by atoms with Crippen LogP contribution in [0.4, 0.5) is 17.1 Å². The van der Waals surface area contributed by atoms with Gasteiger partial charge in [-0.1, -0.05) is 121 Å². The lowest BCUT2D eigenvalue weighted by atomic mass is 9.94. The van der Waals surface area contributed by atoms with E-state index in [2.05, 4.69) is 163 Å². The van der Waals surface area contributed by atoms with Crippen molar-refractivity contribution in [1.29, 1.82) is 0 Å². The van der Waals surface area contributed by atoms with Crippen LogP contribution in [0.1, 0.15) is 0 Å². The number of fused-ring (bicyclic) bond motifs is 7. The van der Waals surface area contributed by atoms with Gasteiger partial charge in [0.15, 0.2) is 0 Å². The largest absolute Gasteiger partial charge is 0.455 e. The van der Waals surface area contributed by atoms with Crippen molar-refractivity contribution >= 4 is 70.5 Å². The van der Waals surface area contributed by atoms with Crippen molar-refractivity contribution in [3.63, 3.8) is 0 Å². The molecule has 7 aromatic carbocycles. The van der Waals surface area contributed by atoms with Crippen molar-refractivity contribution in [1.82, 2.24) is 0 Å². The van der Waals surface area contributed by atoms with Crippen LogP contribution in [-0.4, -0.2) is 0 Å². The highest BCUT2D eigenvalue weighted by Crippen LogP contribution is 2.49. The lowest BCUT2D eigenvalue weighted by Gasteiger charge is -2.26. The highest BCUT2D eigenvalue weighted by molar-refractivity contribution is 7.26. The Morgan fingerprint density at radius 1 is 0.444 bits per heavy atom. The van der Waals surface area contributed by atoms with Gasteiger partial charge in [-0.3, -0.25) is 0 Å². The van der Waals surface area contributed by atoms with Crippen molar-refractivity contribution < 1.29 is 4.42 Å². The molecular formula is C42H27NOS. The summed E-state index contributed by atoms with van der Waals surface area (Å²) < 4.78 is 9.18. The first kappa shape index (κ1) is 25.8. The molecule has 0 fully saturated rings. The molecule has 2 heterocycles. The summed E-state index contributed by atoms with van der Waals surface area (Å²) in [5.41, 5.74) is 9.99. The third-order valence-electron chi connectivity index (χ3n) is 8.67. The van der Waals surface area contributed by atoms with Crippen LogP contribution in [0, 0.1) is 0 Å². The maximum absolute atomic E-state index is 6.71. The van der Waals surface area contributed by atoms with Gasteiger partial charge >= 0.3 is 0 Å². The second-order valence-corrected chi connectivity index (χ2v) is 12.4. The van der Waals surface area contributed by atoms with E-state index in [1.807, 2.05) is 17.4 Å². The predicted octanol–water partition coefficient (Wildman–Crippen LogP) is 12.8. The standard InChI is InChI=1S/C42H27NOS/c1-3-13-28(14-4-1)32-17-7-8-18-33(32)29-23-25-31(26-24-29)43(30-15-5-2-6-16-30)36-27-39-41(35-20-10-12-22-38(35)45-39)42-40(36)34-19-9-11-21-37(34)44-42/h1-27H. The van der Waals surface area contributed by atoms with Crippen LogP contribution in [0.2, 0.25) is 0 Å². The van der Waals surface area contributed by atoms with Gasteiger partial charge in [0.05, 0.1) is 11.1 Å². The molecule has 0 aliphatic carbocycles. The molecule has 0 N–H and O–H groups in total. The molecule has 0 saturated heterocycles. The summed E-state index contributed by atoms with van der Waals surface area (Å²) in [7, 11) is 0. The summed E-state index contributed by atoms with van der Waals surface area (Å²) in [6, 6.07) is 58.3. The number of anilines is 3. The lowest BCUT2D eigenvalue weighted by Crippen LogP contribution is -2.10. The second-order valence-electron chi connectivity index (χ2n) is 11.3. The molecule has 2 aromatic heterocycles. The van der Waals surface area contributed by atoms with E-state index in [9.17, 15) is 0 Å². The number of rotatable bonds is 5. The number of thiophene rings is 1. The Hall–Kier alpha value is -5.64. The number of benzene rings is 7. The summed E-state index contributed by atoms with van der Waals surface area (Å²) in [4.78, 5) is 2.38. The lowest BCUT2D eigenvalue weighted by molar-refractivity contribution is 0.673. The van der Waals surface area contributed by atoms with Crippen LogP contribution in [-0.2, 0) is 0 Å². The maximum atomic E-state index is 6.71. The molecule has 9 aromatic rings. The van der Waals surface area contributed by atoms with Gasteiger partial charge in [0.25, 0.3) is 0 Å². The van der Waals surface area contributed by atoms with Crippen LogP contribution < -0.4 is 4.90 Å². The SMILES string of the molecule is c1ccc(-c2ccccc2-c2ccc(N(c3ccccc3)c3cc4sc5ccccc5c4c4oc5ccccc5c34)cc2)cc1. The van der Waals surface area contributed by atoms with Crippen LogP contribution in [0.15, 0.2) is 168 Å². The van der Waals surface area contributed by atoms with Crippen molar-refractivity contribution in [3.8, 4) is 22.3 Å².